The predicted molar refractivity (Wildman–Crippen MR) is 118 cm³/mol. The maximum absolute atomic E-state index is 14.1. The van der Waals surface area contributed by atoms with Gasteiger partial charge in [0, 0.05) is 60.3 Å². The molecule has 3 aromatic rings. The number of anilines is 1. The highest BCUT2D eigenvalue weighted by Crippen LogP contribution is 2.37. The summed E-state index contributed by atoms with van der Waals surface area (Å²) in [7, 11) is 1.67. The van der Waals surface area contributed by atoms with Crippen LogP contribution in [-0.2, 0) is 12.8 Å². The highest BCUT2D eigenvalue weighted by atomic mass is 19.1. The third-order valence-corrected chi connectivity index (χ3v) is 5.36. The van der Waals surface area contributed by atoms with Gasteiger partial charge in [0.1, 0.15) is 17.7 Å². The van der Waals surface area contributed by atoms with Crippen LogP contribution in [0.15, 0.2) is 45.6 Å². The molecule has 0 spiro atoms. The van der Waals surface area contributed by atoms with Crippen LogP contribution in [0.5, 0.6) is 5.75 Å². The van der Waals surface area contributed by atoms with Gasteiger partial charge in [0.25, 0.3) is 0 Å². The Kier molecular flexibility index (Phi) is 5.46. The van der Waals surface area contributed by atoms with E-state index in [2.05, 4.69) is 15.1 Å². The summed E-state index contributed by atoms with van der Waals surface area (Å²) in [6, 6.07) is 6.26. The fraction of sp³-hybridized carbons (Fsp3) is 0.261. The van der Waals surface area contributed by atoms with Crippen molar-refractivity contribution < 1.29 is 13.7 Å². The van der Waals surface area contributed by atoms with Crippen LogP contribution in [0.4, 0.5) is 10.2 Å². The lowest BCUT2D eigenvalue weighted by molar-refractivity contribution is 0.227. The van der Waals surface area contributed by atoms with Gasteiger partial charge in [-0.05, 0) is 36.8 Å². The van der Waals surface area contributed by atoms with Gasteiger partial charge in [-0.3, -0.25) is 4.99 Å². The molecule has 0 fully saturated rings. The Morgan fingerprint density at radius 1 is 1.29 bits per heavy atom. The van der Waals surface area contributed by atoms with Gasteiger partial charge in [-0.15, -0.1) is 0 Å². The number of aromatic nitrogens is 2. The molecule has 0 amide bonds. The lowest BCUT2D eigenvalue weighted by Gasteiger charge is -2.21. The number of hydrogen-bond donors (Lipinski definition) is 2. The second kappa shape index (κ2) is 8.22. The lowest BCUT2D eigenvalue weighted by Crippen LogP contribution is -2.14. The maximum atomic E-state index is 14.1. The zero-order chi connectivity index (χ0) is 22.1. The Bertz CT molecular complexity index is 1200. The molecule has 1 atom stereocenters. The van der Waals surface area contributed by atoms with E-state index in [0.29, 0.717) is 41.1 Å². The molecule has 7 nitrogen and oxygen atoms in total. The molecule has 0 radical (unpaired) electrons. The summed E-state index contributed by atoms with van der Waals surface area (Å²) in [6.07, 6.45) is 3.86. The molecule has 0 saturated heterocycles. The number of fused-ring (bicyclic) bond motifs is 5. The first-order valence-electron chi connectivity index (χ1n) is 10.0. The van der Waals surface area contributed by atoms with Crippen molar-refractivity contribution in [2.75, 3.05) is 12.8 Å². The van der Waals surface area contributed by atoms with Gasteiger partial charge in [0.05, 0.1) is 5.69 Å². The molecule has 0 unspecified atom stereocenters. The van der Waals surface area contributed by atoms with Gasteiger partial charge in [-0.25, -0.2) is 9.37 Å². The highest BCUT2D eigenvalue weighted by Gasteiger charge is 2.24. The molecule has 3 heterocycles. The molecule has 160 valence electrons. The van der Waals surface area contributed by atoms with Crippen LogP contribution in [0.1, 0.15) is 42.5 Å². The molecule has 2 aromatic heterocycles. The van der Waals surface area contributed by atoms with Gasteiger partial charge >= 0.3 is 0 Å². The number of nitrogens with two attached hydrogens (primary N) is 2. The molecule has 1 aliphatic heterocycles. The van der Waals surface area contributed by atoms with Crippen molar-refractivity contribution in [1.82, 2.24) is 10.1 Å². The molecule has 1 aliphatic rings. The summed E-state index contributed by atoms with van der Waals surface area (Å²) in [5.74, 6) is 0.981. The van der Waals surface area contributed by atoms with Crippen molar-refractivity contribution in [2.45, 2.75) is 32.8 Å². The second-order valence-electron chi connectivity index (χ2n) is 7.38. The molecule has 31 heavy (non-hydrogen) atoms. The van der Waals surface area contributed by atoms with Crippen LogP contribution >= 0.6 is 0 Å². The number of rotatable bonds is 2. The first-order valence-corrected chi connectivity index (χ1v) is 10.0. The van der Waals surface area contributed by atoms with Crippen LogP contribution in [0.25, 0.3) is 16.8 Å². The van der Waals surface area contributed by atoms with E-state index in [0.717, 1.165) is 22.5 Å². The number of ether oxygens (including phenoxy) is 1. The molecular weight excluding hydrogens is 397 g/mol. The minimum Gasteiger partial charge on any atom is -0.482 e. The van der Waals surface area contributed by atoms with Crippen LogP contribution in [-0.4, -0.2) is 23.4 Å². The zero-order valence-electron chi connectivity index (χ0n) is 17.6. The van der Waals surface area contributed by atoms with Crippen LogP contribution in [0.3, 0.4) is 0 Å². The summed E-state index contributed by atoms with van der Waals surface area (Å²) in [5, 5.41) is 4.30. The quantitative estimate of drug-likeness (QED) is 0.603. The standard InChI is InChI=1S/C23H24FN5O2/c1-4-19-21-13-8-20(23(26)28-11-13)30-12(2)17-9-15(24)5-6-16(17)22(25)14(10-27-3)7-18(21)29-31-19/h5-6,8-12H,4,7,25H2,1-3H3,(H2,26,28)/t12-/m1/s1. The van der Waals surface area contributed by atoms with E-state index in [-0.39, 0.29) is 11.6 Å². The molecule has 4 N–H and O–H groups in total. The SMILES string of the molecule is CCc1onc2c1-c1cnc(N)c(c1)O[C@H](C)c1cc(F)ccc1C(N)=C(C=NC)C2. The minimum atomic E-state index is -0.532. The van der Waals surface area contributed by atoms with E-state index < -0.39 is 6.10 Å². The van der Waals surface area contributed by atoms with E-state index in [1.165, 1.54) is 12.1 Å². The topological polar surface area (TPSA) is 113 Å². The molecule has 2 bridgehead atoms. The monoisotopic (exact) mass is 421 g/mol. The summed E-state index contributed by atoms with van der Waals surface area (Å²) in [4.78, 5) is 8.48. The third-order valence-electron chi connectivity index (χ3n) is 5.36. The number of aliphatic imine (C=N–C) groups is 1. The molecular formula is C23H24FN5O2. The number of pyridine rings is 1. The molecule has 0 saturated carbocycles. The smallest absolute Gasteiger partial charge is 0.166 e. The molecule has 0 aliphatic carbocycles. The Labute approximate surface area is 179 Å². The molecule has 4 rings (SSSR count). The fourth-order valence-corrected chi connectivity index (χ4v) is 3.83. The maximum Gasteiger partial charge on any atom is 0.166 e. The fourth-order valence-electron chi connectivity index (χ4n) is 3.83. The van der Waals surface area contributed by atoms with E-state index in [1.807, 2.05) is 19.9 Å². The molecule has 8 heteroatoms. The van der Waals surface area contributed by atoms with Crippen molar-refractivity contribution in [1.29, 1.82) is 0 Å². The highest BCUT2D eigenvalue weighted by molar-refractivity contribution is 5.91. The first kappa shape index (κ1) is 20.6. The predicted octanol–water partition coefficient (Wildman–Crippen LogP) is 4.09. The van der Waals surface area contributed by atoms with Crippen molar-refractivity contribution in [2.24, 2.45) is 10.7 Å². The first-order chi connectivity index (χ1) is 14.9. The van der Waals surface area contributed by atoms with E-state index in [9.17, 15) is 4.39 Å². The number of aryl methyl sites for hydroxylation is 1. The van der Waals surface area contributed by atoms with Gasteiger partial charge in [0.2, 0.25) is 0 Å². The normalized spacial score (nSPS) is 16.3. The van der Waals surface area contributed by atoms with Gasteiger partial charge in [-0.2, -0.15) is 0 Å². The average molecular weight is 421 g/mol. The van der Waals surface area contributed by atoms with Crippen molar-refractivity contribution in [3.8, 4) is 16.9 Å². The molecule has 1 aromatic carbocycles. The van der Waals surface area contributed by atoms with Crippen LogP contribution in [0.2, 0.25) is 0 Å². The Hall–Kier alpha value is -3.68. The average Bonchev–Trinajstić information content (AvgIpc) is 3.16. The van der Waals surface area contributed by atoms with E-state index in [4.69, 9.17) is 20.7 Å². The Morgan fingerprint density at radius 3 is 2.84 bits per heavy atom. The summed E-state index contributed by atoms with van der Waals surface area (Å²) in [6.45, 7) is 3.81. The summed E-state index contributed by atoms with van der Waals surface area (Å²) < 4.78 is 25.9. The van der Waals surface area contributed by atoms with Gasteiger partial charge in [-0.1, -0.05) is 12.1 Å². The minimum absolute atomic E-state index is 0.240. The number of benzene rings is 1. The van der Waals surface area contributed by atoms with Crippen molar-refractivity contribution in [3.05, 3.63) is 64.4 Å². The lowest BCUT2D eigenvalue weighted by atomic mass is 9.94. The number of allylic oxidation sites excluding steroid dienone is 1. The van der Waals surface area contributed by atoms with Gasteiger partial charge in [0.15, 0.2) is 11.6 Å². The van der Waals surface area contributed by atoms with Crippen LogP contribution < -0.4 is 16.2 Å². The number of halogens is 1. The summed E-state index contributed by atoms with van der Waals surface area (Å²) >= 11 is 0. The van der Waals surface area contributed by atoms with E-state index in [1.54, 1.807) is 25.5 Å². The van der Waals surface area contributed by atoms with Crippen molar-refractivity contribution >= 4 is 17.7 Å². The largest absolute Gasteiger partial charge is 0.482 e. The Morgan fingerprint density at radius 2 is 2.10 bits per heavy atom. The second-order valence-corrected chi connectivity index (χ2v) is 7.38. The summed E-state index contributed by atoms with van der Waals surface area (Å²) in [5.41, 5.74) is 17.4. The zero-order valence-corrected chi connectivity index (χ0v) is 17.6. The van der Waals surface area contributed by atoms with Crippen molar-refractivity contribution in [3.63, 3.8) is 0 Å². The Balaban J connectivity index is 2.03. The number of nitrogen functional groups attached to an aromatic ring is 1. The van der Waals surface area contributed by atoms with Gasteiger partial charge < -0.3 is 20.7 Å². The third kappa shape index (κ3) is 3.76. The number of hydrogen-bond acceptors (Lipinski definition) is 7. The van der Waals surface area contributed by atoms with Crippen LogP contribution in [0, 0.1) is 5.82 Å². The van der Waals surface area contributed by atoms with E-state index >= 15 is 0 Å². The number of nitrogens with zero attached hydrogens (tertiary/aromatic N) is 3.